The minimum atomic E-state index is -4.32. The standard InChI is InChI=1S/C24H25F3N2.H2/c1-5-14-29-17-20(16-28-22(6-2)7-3)15-23(18(29)4)21-10-8-19(9-11-21)12-13-24(25,26)27;/h5-15,17,28H,2,4,16H2,1,3H3;1H/b13-12?,14-5-,22-7-;. The fourth-order valence-corrected chi connectivity index (χ4v) is 2.80. The van der Waals surface area contributed by atoms with Crippen LogP contribution in [0.25, 0.3) is 11.6 Å². The molecule has 0 spiro atoms. The summed E-state index contributed by atoms with van der Waals surface area (Å²) in [4.78, 5) is 1.94. The van der Waals surface area contributed by atoms with E-state index < -0.39 is 6.18 Å². The molecule has 1 aliphatic rings. The Hall–Kier alpha value is -3.21. The predicted molar refractivity (Wildman–Crippen MR) is 117 cm³/mol. The van der Waals surface area contributed by atoms with Crippen molar-refractivity contribution >= 4 is 11.6 Å². The molecule has 5 heteroatoms. The third-order valence-corrected chi connectivity index (χ3v) is 4.28. The summed E-state index contributed by atoms with van der Waals surface area (Å²) in [5.74, 6) is 0. The van der Waals surface area contributed by atoms with Crippen molar-refractivity contribution < 1.29 is 14.6 Å². The van der Waals surface area contributed by atoms with E-state index in [1.165, 1.54) is 0 Å². The number of nitrogens with one attached hydrogen (secondary N) is 1. The number of alkyl halides is 3. The van der Waals surface area contributed by atoms with E-state index in [2.05, 4.69) is 18.5 Å². The summed E-state index contributed by atoms with van der Waals surface area (Å²) in [6.45, 7) is 12.4. The van der Waals surface area contributed by atoms with Gasteiger partial charge in [0.2, 0.25) is 0 Å². The van der Waals surface area contributed by atoms with Crippen molar-refractivity contribution in [3.8, 4) is 0 Å². The van der Waals surface area contributed by atoms with E-state index in [0.717, 1.165) is 34.2 Å². The van der Waals surface area contributed by atoms with E-state index in [1.807, 2.05) is 49.4 Å². The van der Waals surface area contributed by atoms with Gasteiger partial charge in [0.25, 0.3) is 0 Å². The van der Waals surface area contributed by atoms with Gasteiger partial charge in [-0.15, -0.1) is 0 Å². The minimum absolute atomic E-state index is 0. The topological polar surface area (TPSA) is 15.3 Å². The van der Waals surface area contributed by atoms with Gasteiger partial charge in [-0.2, -0.15) is 13.2 Å². The van der Waals surface area contributed by atoms with Crippen LogP contribution in [-0.2, 0) is 0 Å². The molecular formula is C24H27F3N2. The number of hydrogen-bond donors (Lipinski definition) is 1. The average Bonchev–Trinajstić information content (AvgIpc) is 2.69. The molecule has 0 aromatic heterocycles. The molecule has 1 aliphatic heterocycles. The lowest BCUT2D eigenvalue weighted by molar-refractivity contribution is -0.0790. The molecule has 0 saturated carbocycles. The molecule has 2 nitrogen and oxygen atoms in total. The summed E-state index contributed by atoms with van der Waals surface area (Å²) in [5, 5.41) is 3.31. The van der Waals surface area contributed by atoms with Crippen molar-refractivity contribution in [3.05, 3.63) is 108 Å². The predicted octanol–water partition coefficient (Wildman–Crippen LogP) is 6.82. The fourth-order valence-electron chi connectivity index (χ4n) is 2.80. The van der Waals surface area contributed by atoms with Crippen molar-refractivity contribution in [1.29, 1.82) is 0 Å². The van der Waals surface area contributed by atoms with Crippen LogP contribution in [-0.4, -0.2) is 17.6 Å². The van der Waals surface area contributed by atoms with Crippen LogP contribution in [0.4, 0.5) is 13.2 Å². The lowest BCUT2D eigenvalue weighted by Crippen LogP contribution is -2.21. The van der Waals surface area contributed by atoms with Crippen LogP contribution in [0.2, 0.25) is 0 Å². The largest absolute Gasteiger partial charge is 0.409 e. The summed E-state index contributed by atoms with van der Waals surface area (Å²) in [6.07, 6.45) is 8.53. The second-order valence-electron chi connectivity index (χ2n) is 6.40. The van der Waals surface area contributed by atoms with E-state index >= 15 is 0 Å². The van der Waals surface area contributed by atoms with Gasteiger partial charge in [0.05, 0.1) is 0 Å². The molecule has 2 rings (SSSR count). The van der Waals surface area contributed by atoms with Crippen LogP contribution in [0.1, 0.15) is 26.4 Å². The van der Waals surface area contributed by atoms with Crippen LogP contribution in [0.15, 0.2) is 97.2 Å². The van der Waals surface area contributed by atoms with Crippen LogP contribution >= 0.6 is 0 Å². The Kier molecular flexibility index (Phi) is 7.48. The molecule has 0 atom stereocenters. The summed E-state index contributed by atoms with van der Waals surface area (Å²) >= 11 is 0. The summed E-state index contributed by atoms with van der Waals surface area (Å²) in [6, 6.07) is 6.94. The second-order valence-corrected chi connectivity index (χ2v) is 6.40. The number of rotatable bonds is 7. The minimum Gasteiger partial charge on any atom is -0.381 e. The van der Waals surface area contributed by atoms with Gasteiger partial charge < -0.3 is 10.2 Å². The molecule has 0 amide bonds. The van der Waals surface area contributed by atoms with Gasteiger partial charge in [-0.3, -0.25) is 0 Å². The summed E-state index contributed by atoms with van der Waals surface area (Å²) in [7, 11) is 0. The van der Waals surface area contributed by atoms with E-state index in [4.69, 9.17) is 0 Å². The Bertz CT molecular complexity index is 901. The highest BCUT2D eigenvalue weighted by Gasteiger charge is 2.22. The van der Waals surface area contributed by atoms with Gasteiger partial charge in [0, 0.05) is 43.4 Å². The zero-order valence-corrected chi connectivity index (χ0v) is 16.6. The second kappa shape index (κ2) is 9.82. The van der Waals surface area contributed by atoms with Crippen LogP contribution in [0, 0.1) is 0 Å². The number of nitrogens with zero attached hydrogens (tertiary/aromatic N) is 1. The van der Waals surface area contributed by atoms with Gasteiger partial charge in [-0.25, -0.2) is 0 Å². The molecule has 29 heavy (non-hydrogen) atoms. The molecular weight excluding hydrogens is 373 g/mol. The SMILES string of the molecule is C=C/C(=C/C)NCC1=CN(/C=C\C)C(=C)C(c2ccc(C=CC(F)(F)F)cc2)=C1.[HH]. The lowest BCUT2D eigenvalue weighted by Gasteiger charge is -2.27. The number of benzene rings is 1. The van der Waals surface area contributed by atoms with E-state index in [0.29, 0.717) is 12.1 Å². The Morgan fingerprint density at radius 3 is 2.45 bits per heavy atom. The first-order valence-electron chi connectivity index (χ1n) is 9.19. The molecule has 1 heterocycles. The normalized spacial score (nSPS) is 15.7. The summed E-state index contributed by atoms with van der Waals surface area (Å²) in [5.41, 5.74) is 5.04. The van der Waals surface area contributed by atoms with Crippen LogP contribution < -0.4 is 5.32 Å². The third kappa shape index (κ3) is 6.42. The Morgan fingerprint density at radius 2 is 1.90 bits per heavy atom. The highest BCUT2D eigenvalue weighted by molar-refractivity contribution is 5.82. The molecule has 0 unspecified atom stereocenters. The molecule has 0 saturated heterocycles. The Morgan fingerprint density at radius 1 is 1.21 bits per heavy atom. The zero-order chi connectivity index (χ0) is 21.4. The van der Waals surface area contributed by atoms with Crippen molar-refractivity contribution in [2.24, 2.45) is 0 Å². The quantitative estimate of drug-likeness (QED) is 0.505. The van der Waals surface area contributed by atoms with Crippen molar-refractivity contribution in [2.75, 3.05) is 6.54 Å². The first kappa shape index (κ1) is 22.1. The van der Waals surface area contributed by atoms with Crippen molar-refractivity contribution in [2.45, 2.75) is 20.0 Å². The number of hydrogen-bond acceptors (Lipinski definition) is 2. The molecule has 154 valence electrons. The molecule has 1 aromatic rings. The molecule has 1 aromatic carbocycles. The van der Waals surface area contributed by atoms with Crippen molar-refractivity contribution in [3.63, 3.8) is 0 Å². The van der Waals surface area contributed by atoms with E-state index in [9.17, 15) is 13.2 Å². The van der Waals surface area contributed by atoms with Crippen LogP contribution in [0.3, 0.4) is 0 Å². The maximum absolute atomic E-state index is 12.4. The molecule has 0 fully saturated rings. The van der Waals surface area contributed by atoms with Gasteiger partial charge in [-0.1, -0.05) is 55.7 Å². The van der Waals surface area contributed by atoms with Gasteiger partial charge in [0.1, 0.15) is 0 Å². The van der Waals surface area contributed by atoms with Crippen LogP contribution in [0.5, 0.6) is 0 Å². The number of halogens is 3. The fraction of sp³-hybridized carbons (Fsp3) is 0.167. The van der Waals surface area contributed by atoms with Gasteiger partial charge in [0.15, 0.2) is 0 Å². The third-order valence-electron chi connectivity index (χ3n) is 4.28. The monoisotopic (exact) mass is 400 g/mol. The highest BCUT2D eigenvalue weighted by Crippen LogP contribution is 2.31. The molecule has 0 radical (unpaired) electrons. The lowest BCUT2D eigenvalue weighted by atomic mass is 9.96. The average molecular weight is 400 g/mol. The van der Waals surface area contributed by atoms with E-state index in [-0.39, 0.29) is 7.50 Å². The van der Waals surface area contributed by atoms with Crippen molar-refractivity contribution in [1.82, 2.24) is 10.2 Å². The number of allylic oxidation sites excluding steroid dienone is 5. The first-order valence-corrected chi connectivity index (χ1v) is 9.19. The molecule has 1 N–H and O–H groups in total. The van der Waals surface area contributed by atoms with Gasteiger partial charge >= 0.3 is 6.18 Å². The highest BCUT2D eigenvalue weighted by atomic mass is 19.4. The molecule has 0 aliphatic carbocycles. The van der Waals surface area contributed by atoms with Gasteiger partial charge in [-0.05, 0) is 42.7 Å². The smallest absolute Gasteiger partial charge is 0.381 e. The Balaban J connectivity index is 0.00000450. The first-order chi connectivity index (χ1) is 13.8. The maximum atomic E-state index is 12.4. The maximum Gasteiger partial charge on any atom is 0.409 e. The van der Waals surface area contributed by atoms with E-state index in [1.54, 1.807) is 30.3 Å². The Labute approximate surface area is 171 Å². The zero-order valence-electron chi connectivity index (χ0n) is 16.6. The summed E-state index contributed by atoms with van der Waals surface area (Å²) < 4.78 is 37.1. The molecule has 0 bridgehead atoms.